The van der Waals surface area contributed by atoms with Crippen molar-refractivity contribution >= 4 is 29.2 Å². The minimum Gasteiger partial charge on any atom is -0.454 e. The van der Waals surface area contributed by atoms with Crippen LogP contribution in [0.5, 0.6) is 0 Å². The Morgan fingerprint density at radius 1 is 1.00 bits per heavy atom. The Kier molecular flexibility index (Phi) is 5.71. The smallest absolute Gasteiger partial charge is 0.325 e. The van der Waals surface area contributed by atoms with E-state index in [0.29, 0.717) is 23.4 Å². The first-order valence-corrected chi connectivity index (χ1v) is 10.8. The summed E-state index contributed by atoms with van der Waals surface area (Å²) in [5.41, 5.74) is 1.37. The van der Waals surface area contributed by atoms with E-state index in [0.717, 1.165) is 24.9 Å². The van der Waals surface area contributed by atoms with Gasteiger partial charge in [0.1, 0.15) is 6.54 Å². The molecule has 5 rings (SSSR count). The highest BCUT2D eigenvalue weighted by molar-refractivity contribution is 5.93. The van der Waals surface area contributed by atoms with Crippen molar-refractivity contribution in [2.45, 2.75) is 38.5 Å². The fourth-order valence-corrected chi connectivity index (χ4v) is 5.97. The molecule has 0 unspecified atom stereocenters. The zero-order chi connectivity index (χ0) is 21.3. The molecule has 30 heavy (non-hydrogen) atoms. The number of nitrogens with zero attached hydrogens (tertiary/aromatic N) is 1. The molecule has 1 aromatic carbocycles. The highest BCUT2D eigenvalue weighted by atomic mass is 16.5. The summed E-state index contributed by atoms with van der Waals surface area (Å²) in [4.78, 5) is 38.9. The molecule has 2 N–H and O–H groups in total. The summed E-state index contributed by atoms with van der Waals surface area (Å²) in [6.07, 6.45) is 6.66. The van der Waals surface area contributed by atoms with Gasteiger partial charge in [-0.3, -0.25) is 14.4 Å². The van der Waals surface area contributed by atoms with Gasteiger partial charge >= 0.3 is 5.97 Å². The lowest BCUT2D eigenvalue weighted by atomic mass is 9.49. The molecule has 7 heteroatoms. The van der Waals surface area contributed by atoms with E-state index < -0.39 is 11.9 Å². The summed E-state index contributed by atoms with van der Waals surface area (Å²) in [5.74, 6) is 1.00. The van der Waals surface area contributed by atoms with Crippen LogP contribution >= 0.6 is 0 Å². The van der Waals surface area contributed by atoms with Crippen LogP contribution in [0.3, 0.4) is 0 Å². The molecular weight excluding hydrogens is 382 g/mol. The van der Waals surface area contributed by atoms with E-state index >= 15 is 0 Å². The van der Waals surface area contributed by atoms with Crippen molar-refractivity contribution in [3.8, 4) is 0 Å². The van der Waals surface area contributed by atoms with Gasteiger partial charge in [0.15, 0.2) is 6.61 Å². The van der Waals surface area contributed by atoms with Crippen LogP contribution in [-0.4, -0.2) is 45.0 Å². The van der Waals surface area contributed by atoms with Gasteiger partial charge in [0.25, 0.3) is 5.91 Å². The Morgan fingerprint density at radius 2 is 1.57 bits per heavy atom. The van der Waals surface area contributed by atoms with Gasteiger partial charge in [-0.15, -0.1) is 0 Å². The largest absolute Gasteiger partial charge is 0.454 e. The number of rotatable bonds is 7. The van der Waals surface area contributed by atoms with Crippen LogP contribution in [0, 0.1) is 23.2 Å². The lowest BCUT2D eigenvalue weighted by molar-refractivity contribution is -0.152. The van der Waals surface area contributed by atoms with Gasteiger partial charge < -0.3 is 20.3 Å². The van der Waals surface area contributed by atoms with Gasteiger partial charge in [-0.05, 0) is 80.5 Å². The number of carbonyl (C=O) groups excluding carboxylic acids is 3. The molecule has 2 amide bonds. The number of benzene rings is 1. The van der Waals surface area contributed by atoms with E-state index in [2.05, 4.69) is 10.6 Å². The van der Waals surface area contributed by atoms with E-state index in [1.807, 2.05) is 31.1 Å². The highest BCUT2D eigenvalue weighted by Crippen LogP contribution is 2.60. The van der Waals surface area contributed by atoms with Crippen LogP contribution in [-0.2, 0) is 19.1 Å². The molecule has 1 aromatic rings. The zero-order valence-electron chi connectivity index (χ0n) is 17.8. The summed E-state index contributed by atoms with van der Waals surface area (Å²) < 4.78 is 5.03. The normalized spacial score (nSPS) is 28.7. The SMILES string of the molecule is CN(C)c1ccc(NC(=O)COC(=O)CNC(=O)C23CC4CC(CC(C4)C2)C3)cc1. The lowest BCUT2D eigenvalue weighted by Crippen LogP contribution is -2.54. The molecule has 4 aliphatic carbocycles. The van der Waals surface area contributed by atoms with E-state index in [1.54, 1.807) is 12.1 Å². The van der Waals surface area contributed by atoms with Crippen molar-refractivity contribution in [3.05, 3.63) is 24.3 Å². The van der Waals surface area contributed by atoms with Crippen LogP contribution in [0.1, 0.15) is 38.5 Å². The second-order valence-corrected chi connectivity index (χ2v) is 9.53. The number of carbonyl (C=O) groups is 3. The number of ether oxygens (including phenoxy) is 1. The van der Waals surface area contributed by atoms with Crippen molar-refractivity contribution in [2.24, 2.45) is 23.2 Å². The van der Waals surface area contributed by atoms with E-state index in [9.17, 15) is 14.4 Å². The molecule has 0 radical (unpaired) electrons. The number of hydrogen-bond acceptors (Lipinski definition) is 5. The molecule has 0 saturated heterocycles. The van der Waals surface area contributed by atoms with Crippen LogP contribution in [0.2, 0.25) is 0 Å². The molecule has 0 spiro atoms. The molecular formula is C23H31N3O4. The lowest BCUT2D eigenvalue weighted by Gasteiger charge is -2.55. The average molecular weight is 414 g/mol. The van der Waals surface area contributed by atoms with Gasteiger partial charge in [0.2, 0.25) is 5.91 Å². The Morgan fingerprint density at radius 3 is 2.10 bits per heavy atom. The predicted octanol–water partition coefficient (Wildman–Crippen LogP) is 2.57. The van der Waals surface area contributed by atoms with Crippen LogP contribution in [0.25, 0.3) is 0 Å². The third kappa shape index (κ3) is 4.45. The minimum absolute atomic E-state index is 0.0102. The first-order valence-electron chi connectivity index (χ1n) is 10.8. The molecule has 0 heterocycles. The maximum atomic E-state index is 12.9. The van der Waals surface area contributed by atoms with Crippen molar-refractivity contribution in [1.29, 1.82) is 0 Å². The predicted molar refractivity (Wildman–Crippen MR) is 114 cm³/mol. The molecule has 4 bridgehead atoms. The third-order valence-corrected chi connectivity index (χ3v) is 6.94. The summed E-state index contributed by atoms with van der Waals surface area (Å²) in [6.45, 7) is -0.563. The van der Waals surface area contributed by atoms with Crippen LogP contribution in [0.15, 0.2) is 24.3 Å². The van der Waals surface area contributed by atoms with Crippen molar-refractivity contribution in [1.82, 2.24) is 5.32 Å². The summed E-state index contributed by atoms with van der Waals surface area (Å²) >= 11 is 0. The Balaban J connectivity index is 1.19. The van der Waals surface area contributed by atoms with Crippen LogP contribution < -0.4 is 15.5 Å². The minimum atomic E-state index is -0.591. The van der Waals surface area contributed by atoms with E-state index in [1.165, 1.54) is 19.3 Å². The molecule has 7 nitrogen and oxygen atoms in total. The quantitative estimate of drug-likeness (QED) is 0.671. The number of amides is 2. The fraction of sp³-hybridized carbons (Fsp3) is 0.609. The maximum Gasteiger partial charge on any atom is 0.325 e. The zero-order valence-corrected chi connectivity index (χ0v) is 17.8. The highest BCUT2D eigenvalue weighted by Gasteiger charge is 2.54. The molecule has 0 aromatic heterocycles. The average Bonchev–Trinajstić information content (AvgIpc) is 2.70. The summed E-state index contributed by atoms with van der Waals surface area (Å²) in [6, 6.07) is 7.37. The first-order chi connectivity index (χ1) is 14.3. The van der Waals surface area contributed by atoms with Gasteiger partial charge in [0, 0.05) is 30.9 Å². The molecule has 162 valence electrons. The second-order valence-electron chi connectivity index (χ2n) is 9.53. The van der Waals surface area contributed by atoms with Crippen LogP contribution in [0.4, 0.5) is 11.4 Å². The molecule has 4 aliphatic rings. The Bertz CT molecular complexity index is 783. The topological polar surface area (TPSA) is 87.7 Å². The summed E-state index contributed by atoms with van der Waals surface area (Å²) in [7, 11) is 3.88. The number of anilines is 2. The molecule has 0 atom stereocenters. The standard InChI is InChI=1S/C23H31N3O4/c1-26(2)19-5-3-18(4-6-19)25-20(27)14-30-21(28)13-24-22(29)23-10-15-7-16(11-23)9-17(8-15)12-23/h3-6,15-17H,7-14H2,1-2H3,(H,24,29)(H,25,27). The van der Waals surface area contributed by atoms with E-state index in [4.69, 9.17) is 4.74 Å². The fourth-order valence-electron chi connectivity index (χ4n) is 5.97. The Hall–Kier alpha value is -2.57. The van der Waals surface area contributed by atoms with Gasteiger partial charge in [0.05, 0.1) is 0 Å². The monoisotopic (exact) mass is 413 g/mol. The maximum absolute atomic E-state index is 12.9. The number of nitrogens with one attached hydrogen (secondary N) is 2. The van der Waals surface area contributed by atoms with Crippen molar-refractivity contribution in [2.75, 3.05) is 37.5 Å². The van der Waals surface area contributed by atoms with Crippen molar-refractivity contribution in [3.63, 3.8) is 0 Å². The summed E-state index contributed by atoms with van der Waals surface area (Å²) in [5, 5.41) is 5.48. The van der Waals surface area contributed by atoms with Gasteiger partial charge in [-0.25, -0.2) is 0 Å². The van der Waals surface area contributed by atoms with Gasteiger partial charge in [-0.1, -0.05) is 0 Å². The van der Waals surface area contributed by atoms with E-state index in [-0.39, 0.29) is 24.5 Å². The molecule has 0 aliphatic heterocycles. The number of esters is 1. The third-order valence-electron chi connectivity index (χ3n) is 6.94. The second kappa shape index (κ2) is 8.28. The van der Waals surface area contributed by atoms with Gasteiger partial charge in [-0.2, -0.15) is 0 Å². The molecule has 4 fully saturated rings. The Labute approximate surface area is 177 Å². The number of hydrogen-bond donors (Lipinski definition) is 2. The van der Waals surface area contributed by atoms with Crippen molar-refractivity contribution < 1.29 is 19.1 Å². The first kappa shape index (κ1) is 20.7. The molecule has 4 saturated carbocycles.